The molecule has 0 saturated carbocycles. The fraction of sp³-hybridized carbons (Fsp3) is 0.160. The molecule has 33 heavy (non-hydrogen) atoms. The molecule has 0 saturated heterocycles. The molecule has 8 nitrogen and oxygen atoms in total. The van der Waals surface area contributed by atoms with Gasteiger partial charge in [0, 0.05) is 36.5 Å². The summed E-state index contributed by atoms with van der Waals surface area (Å²) in [5.74, 6) is 1.94. The third kappa shape index (κ3) is 6.33. The molecule has 2 aromatic carbocycles. The summed E-state index contributed by atoms with van der Waals surface area (Å²) in [6, 6.07) is 20.0. The average Bonchev–Trinajstić information content (AvgIpc) is 3.32. The van der Waals surface area contributed by atoms with E-state index in [9.17, 15) is 4.79 Å². The predicted molar refractivity (Wildman–Crippen MR) is 124 cm³/mol. The van der Waals surface area contributed by atoms with Crippen LogP contribution in [0.25, 0.3) is 11.5 Å². The second-order valence-electron chi connectivity index (χ2n) is 7.14. The van der Waals surface area contributed by atoms with E-state index in [1.807, 2.05) is 54.6 Å². The van der Waals surface area contributed by atoms with Crippen molar-refractivity contribution in [2.75, 3.05) is 19.0 Å². The van der Waals surface area contributed by atoms with Crippen LogP contribution in [0.5, 0.6) is 11.5 Å². The van der Waals surface area contributed by atoms with E-state index in [0.717, 1.165) is 22.7 Å². The van der Waals surface area contributed by atoms with Gasteiger partial charge in [0.1, 0.15) is 24.4 Å². The van der Waals surface area contributed by atoms with Crippen LogP contribution in [0.1, 0.15) is 11.4 Å². The smallest absolute Gasteiger partial charge is 0.319 e. The van der Waals surface area contributed by atoms with Gasteiger partial charge in [-0.3, -0.25) is 4.98 Å². The minimum absolute atomic E-state index is 0.309. The Morgan fingerprint density at radius 3 is 2.67 bits per heavy atom. The summed E-state index contributed by atoms with van der Waals surface area (Å²) in [6.07, 6.45) is 3.86. The molecule has 4 rings (SSSR count). The molecule has 0 aliphatic carbocycles. The van der Waals surface area contributed by atoms with Crippen LogP contribution in [-0.4, -0.2) is 29.7 Å². The Balaban J connectivity index is 1.23. The Morgan fingerprint density at radius 2 is 1.88 bits per heavy atom. The molecular formula is C25H24N4O4. The van der Waals surface area contributed by atoms with Gasteiger partial charge in [-0.25, -0.2) is 9.78 Å². The second-order valence-corrected chi connectivity index (χ2v) is 7.14. The highest BCUT2D eigenvalue weighted by atomic mass is 16.5. The molecule has 0 aliphatic heterocycles. The number of urea groups is 1. The molecule has 0 fully saturated rings. The molecular weight excluding hydrogens is 420 g/mol. The molecule has 2 N–H and O–H groups in total. The summed E-state index contributed by atoms with van der Waals surface area (Å²) in [6.45, 7) is 0.767. The number of oxazole rings is 1. The summed E-state index contributed by atoms with van der Waals surface area (Å²) in [7, 11) is 1.62. The van der Waals surface area contributed by atoms with Gasteiger partial charge in [-0.15, -0.1) is 0 Å². The fourth-order valence-electron chi connectivity index (χ4n) is 3.07. The third-order valence-electron chi connectivity index (χ3n) is 4.76. The molecule has 0 aliphatic rings. The van der Waals surface area contributed by atoms with E-state index in [2.05, 4.69) is 20.6 Å². The van der Waals surface area contributed by atoms with Crippen molar-refractivity contribution in [2.24, 2.45) is 0 Å². The topological polar surface area (TPSA) is 98.5 Å². The number of nitrogens with one attached hydrogen (secondary N) is 2. The van der Waals surface area contributed by atoms with Gasteiger partial charge >= 0.3 is 6.03 Å². The lowest BCUT2D eigenvalue weighted by molar-refractivity contribution is 0.252. The van der Waals surface area contributed by atoms with Gasteiger partial charge in [-0.2, -0.15) is 0 Å². The van der Waals surface area contributed by atoms with Crippen molar-refractivity contribution in [3.63, 3.8) is 0 Å². The maximum atomic E-state index is 12.3. The summed E-state index contributed by atoms with van der Waals surface area (Å²) < 4.78 is 16.5. The lowest BCUT2D eigenvalue weighted by atomic mass is 10.2. The molecule has 2 amide bonds. The molecule has 2 heterocycles. The fourth-order valence-corrected chi connectivity index (χ4v) is 3.07. The van der Waals surface area contributed by atoms with Crippen LogP contribution in [0.3, 0.4) is 0 Å². The quantitative estimate of drug-likeness (QED) is 0.389. The molecule has 8 heteroatoms. The zero-order valence-corrected chi connectivity index (χ0v) is 18.2. The first kappa shape index (κ1) is 21.9. The number of aromatic nitrogens is 2. The number of carbonyl (C=O) groups excluding carboxylic acids is 1. The SMILES string of the molecule is COc1ccc(-c2nc(CCNC(=O)Nc3cccc(OCc4ccccn4)c3)co2)cc1. The number of nitrogens with zero attached hydrogens (tertiary/aromatic N) is 2. The van der Waals surface area contributed by atoms with Crippen LogP contribution < -0.4 is 20.1 Å². The number of anilines is 1. The largest absolute Gasteiger partial charge is 0.497 e. The number of benzene rings is 2. The van der Waals surface area contributed by atoms with E-state index >= 15 is 0 Å². The molecule has 4 aromatic rings. The highest BCUT2D eigenvalue weighted by Gasteiger charge is 2.08. The first-order chi connectivity index (χ1) is 16.2. The summed E-state index contributed by atoms with van der Waals surface area (Å²) >= 11 is 0. The molecule has 0 bridgehead atoms. The molecule has 168 valence electrons. The van der Waals surface area contributed by atoms with Gasteiger partial charge in [-0.05, 0) is 48.5 Å². The zero-order chi connectivity index (χ0) is 22.9. The molecule has 0 spiro atoms. The van der Waals surface area contributed by atoms with E-state index in [-0.39, 0.29) is 6.03 Å². The Hall–Kier alpha value is -4.33. The van der Waals surface area contributed by atoms with E-state index < -0.39 is 0 Å². The number of rotatable bonds is 9. The van der Waals surface area contributed by atoms with E-state index in [1.54, 1.807) is 31.7 Å². The highest BCUT2D eigenvalue weighted by molar-refractivity contribution is 5.89. The molecule has 0 atom stereocenters. The first-order valence-corrected chi connectivity index (χ1v) is 10.5. The summed E-state index contributed by atoms with van der Waals surface area (Å²) in [5.41, 5.74) is 3.08. The molecule has 0 radical (unpaired) electrons. The van der Waals surface area contributed by atoms with Crippen molar-refractivity contribution in [1.82, 2.24) is 15.3 Å². The lowest BCUT2D eigenvalue weighted by Gasteiger charge is -2.10. The van der Waals surface area contributed by atoms with Crippen LogP contribution in [0.15, 0.2) is 83.6 Å². The number of carbonyl (C=O) groups is 1. The van der Waals surface area contributed by atoms with Gasteiger partial charge < -0.3 is 24.5 Å². The van der Waals surface area contributed by atoms with Gasteiger partial charge in [0.05, 0.1) is 18.5 Å². The van der Waals surface area contributed by atoms with Crippen LogP contribution >= 0.6 is 0 Å². The average molecular weight is 444 g/mol. The Morgan fingerprint density at radius 1 is 1.00 bits per heavy atom. The van der Waals surface area contributed by atoms with Gasteiger partial charge in [0.2, 0.25) is 5.89 Å². The van der Waals surface area contributed by atoms with Crippen molar-refractivity contribution in [3.8, 4) is 23.0 Å². The maximum absolute atomic E-state index is 12.3. The Bertz CT molecular complexity index is 1180. The van der Waals surface area contributed by atoms with Crippen LogP contribution in [0.2, 0.25) is 0 Å². The second kappa shape index (κ2) is 10.8. The summed E-state index contributed by atoms with van der Waals surface area (Å²) in [5, 5.41) is 5.63. The van der Waals surface area contributed by atoms with Crippen LogP contribution in [-0.2, 0) is 13.0 Å². The molecule has 0 unspecified atom stereocenters. The maximum Gasteiger partial charge on any atom is 0.319 e. The van der Waals surface area contributed by atoms with Crippen molar-refractivity contribution in [3.05, 3.63) is 90.6 Å². The zero-order valence-electron chi connectivity index (χ0n) is 18.2. The van der Waals surface area contributed by atoms with E-state index in [0.29, 0.717) is 36.9 Å². The number of amides is 2. The number of methoxy groups -OCH3 is 1. The number of pyridine rings is 1. The normalized spacial score (nSPS) is 10.5. The van der Waals surface area contributed by atoms with Crippen LogP contribution in [0.4, 0.5) is 10.5 Å². The van der Waals surface area contributed by atoms with E-state index in [4.69, 9.17) is 13.9 Å². The first-order valence-electron chi connectivity index (χ1n) is 10.5. The van der Waals surface area contributed by atoms with Crippen molar-refractivity contribution in [1.29, 1.82) is 0 Å². The summed E-state index contributed by atoms with van der Waals surface area (Å²) in [4.78, 5) is 21.0. The van der Waals surface area contributed by atoms with Gasteiger partial charge in [-0.1, -0.05) is 12.1 Å². The van der Waals surface area contributed by atoms with Crippen molar-refractivity contribution in [2.45, 2.75) is 13.0 Å². The Kier molecular flexibility index (Phi) is 7.17. The lowest BCUT2D eigenvalue weighted by Crippen LogP contribution is -2.30. The van der Waals surface area contributed by atoms with Crippen molar-refractivity contribution < 1.29 is 18.7 Å². The monoisotopic (exact) mass is 444 g/mol. The number of ether oxygens (including phenoxy) is 2. The minimum atomic E-state index is -0.309. The number of hydrogen-bond acceptors (Lipinski definition) is 6. The van der Waals surface area contributed by atoms with Crippen LogP contribution in [0, 0.1) is 0 Å². The van der Waals surface area contributed by atoms with E-state index in [1.165, 1.54) is 0 Å². The number of hydrogen-bond donors (Lipinski definition) is 2. The third-order valence-corrected chi connectivity index (χ3v) is 4.76. The molecule has 2 aromatic heterocycles. The van der Waals surface area contributed by atoms with Crippen molar-refractivity contribution >= 4 is 11.7 Å². The predicted octanol–water partition coefficient (Wildman–Crippen LogP) is 4.69. The van der Waals surface area contributed by atoms with Gasteiger partial charge in [0.15, 0.2) is 0 Å². The standard InChI is InChI=1S/C25H24N4O4/c1-31-22-10-8-18(9-11-22)24-28-21(17-33-24)12-14-27-25(30)29-19-6-4-7-23(15-19)32-16-20-5-2-3-13-26-20/h2-11,13,15,17H,12,14,16H2,1H3,(H2,27,29,30). The minimum Gasteiger partial charge on any atom is -0.497 e. The Labute approximate surface area is 191 Å². The highest BCUT2D eigenvalue weighted by Crippen LogP contribution is 2.22. The van der Waals surface area contributed by atoms with Gasteiger partial charge in [0.25, 0.3) is 0 Å².